The van der Waals surface area contributed by atoms with Crippen molar-refractivity contribution in [3.63, 3.8) is 0 Å². The first-order chi connectivity index (χ1) is 13.9. The Morgan fingerprint density at radius 2 is 1.38 bits per heavy atom. The molecule has 2 N–H and O–H groups in total. The first kappa shape index (κ1) is 21.9. The number of nitrogens with one attached hydrogen (secondary N) is 2. The minimum Gasteiger partial charge on any atom is -0.490 e. The SMILES string of the molecule is CCOc1cc(C(=O)NNC(=O)c2ccc(F)cc2F)cc(OCC)c1OCC. The third-order valence-electron chi connectivity index (χ3n) is 3.64. The molecule has 0 saturated heterocycles. The lowest BCUT2D eigenvalue weighted by Crippen LogP contribution is -2.42. The van der Waals surface area contributed by atoms with Crippen LogP contribution < -0.4 is 25.1 Å². The van der Waals surface area contributed by atoms with Crippen molar-refractivity contribution in [1.29, 1.82) is 0 Å². The Morgan fingerprint density at radius 3 is 1.90 bits per heavy atom. The van der Waals surface area contributed by atoms with Crippen molar-refractivity contribution in [2.45, 2.75) is 20.8 Å². The fourth-order valence-corrected chi connectivity index (χ4v) is 2.45. The number of rotatable bonds is 8. The van der Waals surface area contributed by atoms with Crippen LogP contribution >= 0.6 is 0 Å². The van der Waals surface area contributed by atoms with E-state index in [9.17, 15) is 18.4 Å². The Hall–Kier alpha value is -3.36. The minimum atomic E-state index is -1.05. The molecule has 2 rings (SSSR count). The lowest BCUT2D eigenvalue weighted by molar-refractivity contribution is 0.0843. The zero-order valence-corrected chi connectivity index (χ0v) is 16.3. The van der Waals surface area contributed by atoms with Crippen molar-refractivity contribution in [2.75, 3.05) is 19.8 Å². The number of benzene rings is 2. The maximum Gasteiger partial charge on any atom is 0.272 e. The highest BCUT2D eigenvalue weighted by Gasteiger charge is 2.19. The molecule has 9 heteroatoms. The summed E-state index contributed by atoms with van der Waals surface area (Å²) < 4.78 is 43.3. The van der Waals surface area contributed by atoms with Gasteiger partial charge in [-0.1, -0.05) is 0 Å². The van der Waals surface area contributed by atoms with Gasteiger partial charge in [-0.15, -0.1) is 0 Å². The molecule has 0 aromatic heterocycles. The van der Waals surface area contributed by atoms with Crippen LogP contribution in [0.2, 0.25) is 0 Å². The van der Waals surface area contributed by atoms with Crippen LogP contribution in [0, 0.1) is 11.6 Å². The van der Waals surface area contributed by atoms with Crippen LogP contribution in [0.5, 0.6) is 17.2 Å². The molecule has 0 saturated carbocycles. The maximum atomic E-state index is 13.7. The van der Waals surface area contributed by atoms with E-state index in [-0.39, 0.29) is 5.56 Å². The highest BCUT2D eigenvalue weighted by molar-refractivity contribution is 5.99. The minimum absolute atomic E-state index is 0.125. The van der Waals surface area contributed by atoms with Crippen molar-refractivity contribution in [1.82, 2.24) is 10.9 Å². The quantitative estimate of drug-likeness (QED) is 0.655. The zero-order valence-electron chi connectivity index (χ0n) is 16.3. The number of carbonyl (C=O) groups excluding carboxylic acids is 2. The first-order valence-electron chi connectivity index (χ1n) is 9.03. The van der Waals surface area contributed by atoms with E-state index in [0.717, 1.165) is 12.1 Å². The molecular formula is C20H22F2N2O5. The molecule has 0 atom stereocenters. The standard InChI is InChI=1S/C20H22F2N2O5/c1-4-27-16-9-12(10-17(28-5-2)18(16)29-6-3)19(25)23-24-20(26)14-8-7-13(21)11-15(14)22/h7-11H,4-6H2,1-3H3,(H,23,25)(H,24,26). The number of hydrazine groups is 1. The van der Waals surface area contributed by atoms with Gasteiger partial charge >= 0.3 is 0 Å². The molecule has 2 amide bonds. The summed E-state index contributed by atoms with van der Waals surface area (Å²) in [6.45, 7) is 6.39. The molecule has 0 heterocycles. The van der Waals surface area contributed by atoms with Gasteiger partial charge in [-0.2, -0.15) is 0 Å². The second-order valence-corrected chi connectivity index (χ2v) is 5.63. The number of carbonyl (C=O) groups is 2. The van der Waals surface area contributed by atoms with Gasteiger partial charge in [0.2, 0.25) is 5.75 Å². The van der Waals surface area contributed by atoms with Gasteiger partial charge in [-0.05, 0) is 45.0 Å². The zero-order chi connectivity index (χ0) is 21.4. The van der Waals surface area contributed by atoms with Crippen molar-refractivity contribution < 1.29 is 32.6 Å². The Morgan fingerprint density at radius 1 is 0.828 bits per heavy atom. The molecule has 0 fully saturated rings. The highest BCUT2D eigenvalue weighted by atomic mass is 19.1. The predicted molar refractivity (Wildman–Crippen MR) is 101 cm³/mol. The van der Waals surface area contributed by atoms with Gasteiger partial charge in [0.1, 0.15) is 11.6 Å². The van der Waals surface area contributed by atoms with Crippen LogP contribution in [-0.4, -0.2) is 31.6 Å². The van der Waals surface area contributed by atoms with Gasteiger partial charge in [0, 0.05) is 11.6 Å². The summed E-state index contributed by atoms with van der Waals surface area (Å²) in [5.74, 6) is -2.50. The van der Waals surface area contributed by atoms with E-state index >= 15 is 0 Å². The molecule has 0 aliphatic carbocycles. The lowest BCUT2D eigenvalue weighted by atomic mass is 10.1. The average molecular weight is 408 g/mol. The van der Waals surface area contributed by atoms with E-state index in [1.165, 1.54) is 12.1 Å². The summed E-state index contributed by atoms with van der Waals surface area (Å²) in [7, 11) is 0. The van der Waals surface area contributed by atoms with Gasteiger partial charge < -0.3 is 14.2 Å². The van der Waals surface area contributed by atoms with Crippen LogP contribution in [0.1, 0.15) is 41.5 Å². The number of ether oxygens (including phenoxy) is 3. The molecule has 0 unspecified atom stereocenters. The van der Waals surface area contributed by atoms with Crippen molar-refractivity contribution >= 4 is 11.8 Å². The Bertz CT molecular complexity index is 862. The summed E-state index contributed by atoms with van der Waals surface area (Å²) in [6, 6.07) is 5.37. The summed E-state index contributed by atoms with van der Waals surface area (Å²) in [4.78, 5) is 24.5. The topological polar surface area (TPSA) is 85.9 Å². The van der Waals surface area contributed by atoms with Gasteiger partial charge in [-0.25, -0.2) is 8.78 Å². The number of hydrogen-bond acceptors (Lipinski definition) is 5. The molecule has 2 aromatic carbocycles. The van der Waals surface area contributed by atoms with Crippen molar-refractivity contribution in [2.24, 2.45) is 0 Å². The molecule has 7 nitrogen and oxygen atoms in total. The molecule has 0 bridgehead atoms. The largest absolute Gasteiger partial charge is 0.490 e. The number of amides is 2. The third-order valence-corrected chi connectivity index (χ3v) is 3.64. The summed E-state index contributed by atoms with van der Waals surface area (Å²) in [5.41, 5.74) is 3.98. The Labute approximate surface area is 166 Å². The molecule has 0 spiro atoms. The van der Waals surface area contributed by atoms with Crippen LogP contribution in [0.25, 0.3) is 0 Å². The van der Waals surface area contributed by atoms with Gasteiger partial charge in [0.05, 0.1) is 25.4 Å². The van der Waals surface area contributed by atoms with Gasteiger partial charge in [0.25, 0.3) is 11.8 Å². The normalized spacial score (nSPS) is 10.2. The lowest BCUT2D eigenvalue weighted by Gasteiger charge is -2.17. The third kappa shape index (κ3) is 5.56. The van der Waals surface area contributed by atoms with Crippen LogP contribution in [0.3, 0.4) is 0 Å². The van der Waals surface area contributed by atoms with Crippen molar-refractivity contribution in [3.8, 4) is 17.2 Å². The van der Waals surface area contributed by atoms with Crippen LogP contribution in [0.15, 0.2) is 30.3 Å². The van der Waals surface area contributed by atoms with E-state index < -0.39 is 29.0 Å². The second kappa shape index (κ2) is 10.3. The maximum absolute atomic E-state index is 13.7. The van der Waals surface area contributed by atoms with E-state index in [4.69, 9.17) is 14.2 Å². The summed E-state index contributed by atoms with van der Waals surface area (Å²) >= 11 is 0. The molecule has 0 aliphatic rings. The fourth-order valence-electron chi connectivity index (χ4n) is 2.45. The average Bonchev–Trinajstić information content (AvgIpc) is 2.68. The molecule has 0 aliphatic heterocycles. The second-order valence-electron chi connectivity index (χ2n) is 5.63. The van der Waals surface area contributed by atoms with Gasteiger partial charge in [0.15, 0.2) is 11.5 Å². The smallest absolute Gasteiger partial charge is 0.272 e. The van der Waals surface area contributed by atoms with E-state index in [0.29, 0.717) is 43.1 Å². The monoisotopic (exact) mass is 408 g/mol. The van der Waals surface area contributed by atoms with E-state index in [2.05, 4.69) is 10.9 Å². The Kier molecular flexibility index (Phi) is 7.76. The molecule has 2 aromatic rings. The van der Waals surface area contributed by atoms with E-state index in [1.807, 2.05) is 0 Å². The molecule has 156 valence electrons. The first-order valence-corrected chi connectivity index (χ1v) is 9.03. The summed E-state index contributed by atoms with van der Waals surface area (Å²) in [5, 5.41) is 0. The molecule has 29 heavy (non-hydrogen) atoms. The van der Waals surface area contributed by atoms with Crippen LogP contribution in [-0.2, 0) is 0 Å². The molecule has 0 radical (unpaired) electrons. The summed E-state index contributed by atoms with van der Waals surface area (Å²) in [6.07, 6.45) is 0. The van der Waals surface area contributed by atoms with Crippen molar-refractivity contribution in [3.05, 3.63) is 53.1 Å². The highest BCUT2D eigenvalue weighted by Crippen LogP contribution is 2.39. The Balaban J connectivity index is 2.21. The number of hydrogen-bond donors (Lipinski definition) is 2. The van der Waals surface area contributed by atoms with E-state index in [1.54, 1.807) is 20.8 Å². The number of halogens is 2. The molecular weight excluding hydrogens is 386 g/mol. The predicted octanol–water partition coefficient (Wildman–Crippen LogP) is 3.24. The van der Waals surface area contributed by atoms with Gasteiger partial charge in [-0.3, -0.25) is 20.4 Å². The fraction of sp³-hybridized carbons (Fsp3) is 0.300. The van der Waals surface area contributed by atoms with Crippen LogP contribution in [0.4, 0.5) is 8.78 Å².